The lowest BCUT2D eigenvalue weighted by Gasteiger charge is -2.61. The molecule has 4 aromatic rings. The zero-order chi connectivity index (χ0) is 33.0. The van der Waals surface area contributed by atoms with Crippen molar-refractivity contribution in [3.8, 4) is 16.8 Å². The number of hydrogen-bond acceptors (Lipinski definition) is 9. The standard InChI is InChI=1S/C35H34ClN7O3S/c1-20-21(2)47-33-30(20)31(23-7-9-25(36)10-8-23)38-28(32-40-39-22(3)43(32)33)15-29(44)42-18-35(19-42)16-41(17-35)26-11-12-27(34(45)46-4)24(14-26)6-5-13-37/h7-12,14,28H,13,15-19,37H2,1-4H3/t28-/m0/s1. The highest BCUT2D eigenvalue weighted by molar-refractivity contribution is 7.15. The van der Waals surface area contributed by atoms with E-state index in [1.54, 1.807) is 17.4 Å². The minimum Gasteiger partial charge on any atom is -0.465 e. The maximum Gasteiger partial charge on any atom is 0.339 e. The van der Waals surface area contributed by atoms with Crippen LogP contribution in [-0.2, 0) is 9.53 Å². The summed E-state index contributed by atoms with van der Waals surface area (Å²) in [5.41, 5.74) is 11.6. The number of benzene rings is 2. The minimum absolute atomic E-state index is 0.0381. The first-order chi connectivity index (χ1) is 22.6. The molecule has 10 nitrogen and oxygen atoms in total. The molecule has 2 saturated heterocycles. The summed E-state index contributed by atoms with van der Waals surface area (Å²) in [6.45, 7) is 9.35. The van der Waals surface area contributed by atoms with Crippen LogP contribution in [-0.4, -0.2) is 77.1 Å². The summed E-state index contributed by atoms with van der Waals surface area (Å²) in [5, 5.41) is 10.6. The molecule has 2 fully saturated rings. The van der Waals surface area contributed by atoms with Gasteiger partial charge in [-0.2, -0.15) is 0 Å². The molecule has 0 unspecified atom stereocenters. The fourth-order valence-electron chi connectivity index (χ4n) is 6.78. The van der Waals surface area contributed by atoms with E-state index < -0.39 is 12.0 Å². The van der Waals surface area contributed by atoms with Crippen LogP contribution >= 0.6 is 22.9 Å². The van der Waals surface area contributed by atoms with Gasteiger partial charge in [-0.15, -0.1) is 21.5 Å². The van der Waals surface area contributed by atoms with Crippen LogP contribution in [0.4, 0.5) is 5.69 Å². The van der Waals surface area contributed by atoms with Crippen LogP contribution < -0.4 is 10.6 Å². The number of fused-ring (bicyclic) bond motifs is 3. The number of carbonyl (C=O) groups excluding carboxylic acids is 2. The maximum atomic E-state index is 13.8. The zero-order valence-electron chi connectivity index (χ0n) is 26.6. The number of amides is 1. The Morgan fingerprint density at radius 3 is 2.53 bits per heavy atom. The van der Waals surface area contributed by atoms with Crippen LogP contribution in [0.3, 0.4) is 0 Å². The molecule has 0 saturated carbocycles. The molecule has 2 aromatic heterocycles. The number of carbonyl (C=O) groups is 2. The van der Waals surface area contributed by atoms with Gasteiger partial charge < -0.3 is 20.3 Å². The summed E-state index contributed by atoms with van der Waals surface area (Å²) in [6, 6.07) is 12.8. The van der Waals surface area contributed by atoms with Crippen LogP contribution in [0.1, 0.15) is 61.6 Å². The van der Waals surface area contributed by atoms with Crippen molar-refractivity contribution in [3.05, 3.63) is 91.8 Å². The van der Waals surface area contributed by atoms with Crippen molar-refractivity contribution in [2.45, 2.75) is 33.2 Å². The second-order valence-electron chi connectivity index (χ2n) is 12.4. The molecule has 1 atom stereocenters. The van der Waals surface area contributed by atoms with Crippen LogP contribution in [0.15, 0.2) is 47.5 Å². The Bertz CT molecular complexity index is 2010. The lowest BCUT2D eigenvalue weighted by atomic mass is 9.72. The van der Waals surface area contributed by atoms with Gasteiger partial charge in [0.1, 0.15) is 16.9 Å². The molecule has 0 bridgehead atoms. The van der Waals surface area contributed by atoms with E-state index in [-0.39, 0.29) is 24.3 Å². The molecule has 1 amide bonds. The highest BCUT2D eigenvalue weighted by Crippen LogP contribution is 2.44. The molecule has 47 heavy (non-hydrogen) atoms. The van der Waals surface area contributed by atoms with Crippen molar-refractivity contribution >= 4 is 46.2 Å². The smallest absolute Gasteiger partial charge is 0.339 e. The highest BCUT2D eigenvalue weighted by Gasteiger charge is 2.53. The third-order valence-electron chi connectivity index (χ3n) is 9.28. The fraction of sp³-hybridized carbons (Fsp3) is 0.343. The molecule has 2 N–H and O–H groups in total. The average molecular weight is 668 g/mol. The van der Waals surface area contributed by atoms with E-state index in [1.807, 2.05) is 48.2 Å². The molecular weight excluding hydrogens is 634 g/mol. The number of methoxy groups -OCH3 is 1. The number of rotatable bonds is 5. The third kappa shape index (κ3) is 5.40. The minimum atomic E-state index is -0.496. The predicted molar refractivity (Wildman–Crippen MR) is 183 cm³/mol. The van der Waals surface area contributed by atoms with Gasteiger partial charge >= 0.3 is 5.97 Å². The van der Waals surface area contributed by atoms with E-state index in [2.05, 4.69) is 45.4 Å². The molecule has 1 spiro atoms. The number of nitrogens with zero attached hydrogens (tertiary/aromatic N) is 6. The van der Waals surface area contributed by atoms with Gasteiger partial charge in [-0.05, 0) is 56.7 Å². The Hall–Kier alpha value is -4.50. The molecule has 0 radical (unpaired) electrons. The molecule has 0 aliphatic carbocycles. The maximum absolute atomic E-state index is 13.8. The summed E-state index contributed by atoms with van der Waals surface area (Å²) < 4.78 is 6.99. The molecule has 5 heterocycles. The van der Waals surface area contributed by atoms with Gasteiger partial charge in [-0.25, -0.2) is 4.79 Å². The number of nitrogens with two attached hydrogens (primary N) is 1. The van der Waals surface area contributed by atoms with Crippen molar-refractivity contribution in [3.63, 3.8) is 0 Å². The Balaban J connectivity index is 1.09. The first-order valence-corrected chi connectivity index (χ1v) is 16.6. The highest BCUT2D eigenvalue weighted by atomic mass is 35.5. The van der Waals surface area contributed by atoms with Crippen molar-refractivity contribution in [2.24, 2.45) is 16.1 Å². The molecule has 12 heteroatoms. The molecule has 240 valence electrons. The number of anilines is 1. The predicted octanol–water partition coefficient (Wildman–Crippen LogP) is 4.64. The van der Waals surface area contributed by atoms with Gasteiger partial charge in [0.15, 0.2) is 5.82 Å². The summed E-state index contributed by atoms with van der Waals surface area (Å²) in [6.07, 6.45) is 0.195. The molecular formula is C35H34ClN7O3S. The summed E-state index contributed by atoms with van der Waals surface area (Å²) >= 11 is 7.93. The van der Waals surface area contributed by atoms with Crippen molar-refractivity contribution in [2.75, 3.05) is 44.7 Å². The second kappa shape index (κ2) is 11.9. The Morgan fingerprint density at radius 1 is 1.09 bits per heavy atom. The van der Waals surface area contributed by atoms with E-state index in [0.717, 1.165) is 52.0 Å². The number of hydrogen-bond donors (Lipinski definition) is 1. The lowest BCUT2D eigenvalue weighted by Crippen LogP contribution is -2.73. The number of aryl methyl sites for hydroxylation is 2. The van der Waals surface area contributed by atoms with Gasteiger partial charge in [-0.1, -0.05) is 35.6 Å². The largest absolute Gasteiger partial charge is 0.465 e. The van der Waals surface area contributed by atoms with Gasteiger partial charge in [0.25, 0.3) is 0 Å². The summed E-state index contributed by atoms with van der Waals surface area (Å²) in [4.78, 5) is 36.7. The van der Waals surface area contributed by atoms with Crippen molar-refractivity contribution in [1.29, 1.82) is 0 Å². The van der Waals surface area contributed by atoms with Gasteiger partial charge in [0.2, 0.25) is 5.91 Å². The second-order valence-corrected chi connectivity index (χ2v) is 14.1. The Morgan fingerprint density at radius 2 is 1.83 bits per heavy atom. The number of halogens is 1. The summed E-state index contributed by atoms with van der Waals surface area (Å²) in [7, 11) is 1.35. The summed E-state index contributed by atoms with van der Waals surface area (Å²) in [5.74, 6) is 6.89. The Kier molecular flexibility index (Phi) is 7.91. The lowest BCUT2D eigenvalue weighted by molar-refractivity contribution is -0.145. The van der Waals surface area contributed by atoms with Crippen LogP contribution in [0.25, 0.3) is 5.00 Å². The quantitative estimate of drug-likeness (QED) is 0.243. The van der Waals surface area contributed by atoms with E-state index in [4.69, 9.17) is 27.1 Å². The topological polar surface area (TPSA) is 119 Å². The first-order valence-electron chi connectivity index (χ1n) is 15.4. The van der Waals surface area contributed by atoms with E-state index in [0.29, 0.717) is 35.1 Å². The van der Waals surface area contributed by atoms with Gasteiger partial charge in [0, 0.05) is 63.9 Å². The molecule has 3 aliphatic heterocycles. The van der Waals surface area contributed by atoms with Crippen LogP contribution in [0, 0.1) is 38.0 Å². The zero-order valence-corrected chi connectivity index (χ0v) is 28.2. The van der Waals surface area contributed by atoms with E-state index >= 15 is 0 Å². The number of ether oxygens (including phenoxy) is 1. The first kappa shape index (κ1) is 31.1. The average Bonchev–Trinajstić information content (AvgIpc) is 3.50. The van der Waals surface area contributed by atoms with Crippen LogP contribution in [0.5, 0.6) is 0 Å². The molecule has 7 rings (SSSR count). The Labute approximate surface area is 282 Å². The number of aliphatic imine (C=N–C) groups is 1. The number of esters is 1. The number of likely N-dealkylation sites (tertiary alicyclic amines) is 1. The SMILES string of the molecule is COC(=O)c1ccc(N2CC3(CN(C(=O)C[C@@H]4N=C(c5ccc(Cl)cc5)c5c(sc(C)c5C)-n5c(C)nnc54)C3)C2)cc1C#CCN. The third-order valence-corrected chi connectivity index (χ3v) is 10.7. The monoisotopic (exact) mass is 667 g/mol. The van der Waals surface area contributed by atoms with Gasteiger partial charge in [0.05, 0.1) is 31.4 Å². The molecule has 3 aliphatic rings. The normalized spacial score (nSPS) is 17.4. The van der Waals surface area contributed by atoms with Crippen molar-refractivity contribution < 1.29 is 14.3 Å². The van der Waals surface area contributed by atoms with E-state index in [9.17, 15) is 9.59 Å². The number of aromatic nitrogens is 3. The van der Waals surface area contributed by atoms with Gasteiger partial charge in [-0.3, -0.25) is 14.4 Å². The van der Waals surface area contributed by atoms with Crippen molar-refractivity contribution in [1.82, 2.24) is 19.7 Å². The fourth-order valence-corrected chi connectivity index (χ4v) is 8.12. The number of thiophene rings is 1. The van der Waals surface area contributed by atoms with E-state index in [1.165, 1.54) is 12.0 Å². The molecule has 2 aromatic carbocycles. The van der Waals surface area contributed by atoms with Crippen LogP contribution in [0.2, 0.25) is 5.02 Å².